The Labute approximate surface area is 205 Å². The van der Waals surface area contributed by atoms with E-state index in [0.29, 0.717) is 17.3 Å². The molecule has 0 bridgehead atoms. The van der Waals surface area contributed by atoms with Crippen molar-refractivity contribution in [2.24, 2.45) is 5.41 Å². The molecule has 1 atom stereocenters. The molecule has 2 aliphatic heterocycles. The second-order valence-electron chi connectivity index (χ2n) is 10.8. The van der Waals surface area contributed by atoms with Gasteiger partial charge in [-0.05, 0) is 73.6 Å². The lowest BCUT2D eigenvalue weighted by molar-refractivity contribution is 0.0461. The SMILES string of the molecule is CC(C)(C)CCc1ccc(C23COC(C)(C)C2=CN(c2ccc(C(=O)O)cc2)C(=O)N3)cc1Cl. The third-order valence-corrected chi connectivity index (χ3v) is 6.99. The molecule has 1 unspecified atom stereocenters. The fourth-order valence-electron chi connectivity index (χ4n) is 4.55. The zero-order valence-corrected chi connectivity index (χ0v) is 21.0. The Morgan fingerprint density at radius 3 is 2.44 bits per heavy atom. The summed E-state index contributed by atoms with van der Waals surface area (Å²) in [7, 11) is 0. The molecule has 0 aliphatic carbocycles. The Morgan fingerprint density at radius 2 is 1.85 bits per heavy atom. The number of urea groups is 1. The van der Waals surface area contributed by atoms with E-state index in [1.165, 1.54) is 17.0 Å². The van der Waals surface area contributed by atoms with Crippen LogP contribution in [0.15, 0.2) is 54.2 Å². The lowest BCUT2D eigenvalue weighted by Crippen LogP contribution is -2.56. The van der Waals surface area contributed by atoms with Gasteiger partial charge in [0, 0.05) is 16.8 Å². The Morgan fingerprint density at radius 1 is 1.18 bits per heavy atom. The van der Waals surface area contributed by atoms with E-state index in [2.05, 4.69) is 26.1 Å². The molecule has 180 valence electrons. The number of nitrogens with one attached hydrogen (secondary N) is 1. The summed E-state index contributed by atoms with van der Waals surface area (Å²) in [4.78, 5) is 26.0. The zero-order valence-electron chi connectivity index (χ0n) is 20.2. The van der Waals surface area contributed by atoms with E-state index in [4.69, 9.17) is 16.3 Å². The van der Waals surface area contributed by atoms with Crippen LogP contribution >= 0.6 is 11.6 Å². The van der Waals surface area contributed by atoms with Gasteiger partial charge in [-0.2, -0.15) is 0 Å². The van der Waals surface area contributed by atoms with Crippen molar-refractivity contribution in [3.8, 4) is 0 Å². The van der Waals surface area contributed by atoms with Gasteiger partial charge >= 0.3 is 12.0 Å². The number of benzene rings is 2. The molecule has 1 saturated heterocycles. The van der Waals surface area contributed by atoms with Crippen molar-refractivity contribution in [2.45, 2.75) is 58.6 Å². The molecule has 4 rings (SSSR count). The van der Waals surface area contributed by atoms with E-state index in [1.54, 1.807) is 12.1 Å². The van der Waals surface area contributed by atoms with Gasteiger partial charge < -0.3 is 15.2 Å². The predicted molar refractivity (Wildman–Crippen MR) is 133 cm³/mol. The number of anilines is 1. The molecule has 2 heterocycles. The van der Waals surface area contributed by atoms with Gasteiger partial charge in [-0.1, -0.05) is 44.5 Å². The van der Waals surface area contributed by atoms with Crippen LogP contribution in [0.3, 0.4) is 0 Å². The molecule has 2 aromatic rings. The number of ether oxygens (including phenoxy) is 1. The van der Waals surface area contributed by atoms with Gasteiger partial charge in [0.2, 0.25) is 0 Å². The highest BCUT2D eigenvalue weighted by molar-refractivity contribution is 6.31. The Kier molecular flexibility index (Phi) is 6.03. The first-order valence-electron chi connectivity index (χ1n) is 11.4. The second-order valence-corrected chi connectivity index (χ2v) is 11.2. The van der Waals surface area contributed by atoms with Crippen molar-refractivity contribution in [1.29, 1.82) is 0 Å². The molecule has 6 nitrogen and oxygen atoms in total. The normalized spacial score (nSPS) is 21.6. The molecule has 2 aliphatic rings. The van der Waals surface area contributed by atoms with Crippen LogP contribution in [0.5, 0.6) is 0 Å². The van der Waals surface area contributed by atoms with E-state index in [9.17, 15) is 14.7 Å². The number of aromatic carboxylic acids is 1. The van der Waals surface area contributed by atoms with Crippen LogP contribution in [0.2, 0.25) is 5.02 Å². The van der Waals surface area contributed by atoms with Crippen LogP contribution in [-0.2, 0) is 16.7 Å². The monoisotopic (exact) mass is 482 g/mol. The lowest BCUT2D eigenvalue weighted by Gasteiger charge is -2.40. The van der Waals surface area contributed by atoms with Gasteiger partial charge in [0.15, 0.2) is 0 Å². The summed E-state index contributed by atoms with van der Waals surface area (Å²) in [6.07, 6.45) is 3.71. The van der Waals surface area contributed by atoms with E-state index in [1.807, 2.05) is 38.2 Å². The summed E-state index contributed by atoms with van der Waals surface area (Å²) < 4.78 is 6.16. The first-order chi connectivity index (χ1) is 15.8. The number of carboxylic acids is 1. The minimum Gasteiger partial charge on any atom is -0.478 e. The molecule has 0 spiro atoms. The van der Waals surface area contributed by atoms with Crippen LogP contribution in [0.1, 0.15) is 62.5 Å². The van der Waals surface area contributed by atoms with Crippen LogP contribution in [0, 0.1) is 5.41 Å². The van der Waals surface area contributed by atoms with Crippen LogP contribution < -0.4 is 10.2 Å². The largest absolute Gasteiger partial charge is 0.478 e. The molecular weight excluding hydrogens is 452 g/mol. The molecule has 2 N–H and O–H groups in total. The third kappa shape index (κ3) is 4.44. The maximum Gasteiger partial charge on any atom is 0.335 e. The van der Waals surface area contributed by atoms with Gasteiger partial charge in [-0.15, -0.1) is 0 Å². The topological polar surface area (TPSA) is 78.9 Å². The fourth-order valence-corrected chi connectivity index (χ4v) is 4.83. The maximum absolute atomic E-state index is 13.3. The Hall–Kier alpha value is -2.83. The first-order valence-corrected chi connectivity index (χ1v) is 11.8. The van der Waals surface area contributed by atoms with E-state index < -0.39 is 17.1 Å². The quantitative estimate of drug-likeness (QED) is 0.537. The van der Waals surface area contributed by atoms with Gasteiger partial charge in [-0.3, -0.25) is 4.90 Å². The molecule has 2 amide bonds. The number of hydrogen-bond acceptors (Lipinski definition) is 3. The highest BCUT2D eigenvalue weighted by Crippen LogP contribution is 2.48. The Bertz CT molecular complexity index is 1160. The summed E-state index contributed by atoms with van der Waals surface area (Å²) in [6, 6.07) is 11.9. The van der Waals surface area contributed by atoms with Crippen molar-refractivity contribution in [1.82, 2.24) is 5.32 Å². The first kappa shape index (κ1) is 24.3. The average molecular weight is 483 g/mol. The molecule has 0 aromatic heterocycles. The standard InChI is InChI=1S/C27H31ClN2O4/c1-25(2,3)13-12-17-6-9-19(14-21(17)28)27-16-34-26(4,5)22(27)15-30(24(33)29-27)20-10-7-18(8-11-20)23(31)32/h6-11,14-15H,12-13,16H2,1-5H3,(H,29,33)(H,31,32). The number of fused-ring (bicyclic) bond motifs is 1. The van der Waals surface area contributed by atoms with Crippen molar-refractivity contribution in [2.75, 3.05) is 11.5 Å². The Balaban J connectivity index is 1.72. The van der Waals surface area contributed by atoms with Crippen molar-refractivity contribution in [3.05, 3.63) is 76.0 Å². The zero-order chi connectivity index (χ0) is 24.9. The van der Waals surface area contributed by atoms with Gasteiger partial charge in [0.1, 0.15) is 5.54 Å². The highest BCUT2D eigenvalue weighted by Gasteiger charge is 2.54. The summed E-state index contributed by atoms with van der Waals surface area (Å²) in [5.74, 6) is -1.01. The fraction of sp³-hybridized carbons (Fsp3) is 0.407. The van der Waals surface area contributed by atoms with E-state index in [-0.39, 0.29) is 17.0 Å². The minimum absolute atomic E-state index is 0.161. The molecule has 0 radical (unpaired) electrons. The lowest BCUT2D eigenvalue weighted by atomic mass is 9.77. The number of halogens is 1. The van der Waals surface area contributed by atoms with Crippen molar-refractivity contribution in [3.63, 3.8) is 0 Å². The van der Waals surface area contributed by atoms with Crippen LogP contribution in [0.25, 0.3) is 0 Å². The number of hydrogen-bond donors (Lipinski definition) is 2. The number of amides is 2. The number of carboxylic acid groups (broad SMARTS) is 1. The summed E-state index contributed by atoms with van der Waals surface area (Å²) >= 11 is 6.71. The molecule has 2 aromatic carbocycles. The van der Waals surface area contributed by atoms with Crippen LogP contribution in [-0.4, -0.2) is 29.3 Å². The van der Waals surface area contributed by atoms with Crippen molar-refractivity contribution >= 4 is 29.3 Å². The number of carbonyl (C=O) groups is 2. The van der Waals surface area contributed by atoms with Gasteiger partial charge in [-0.25, -0.2) is 9.59 Å². The minimum atomic E-state index is -1.01. The van der Waals surface area contributed by atoms with E-state index >= 15 is 0 Å². The second kappa shape index (κ2) is 8.43. The number of aryl methyl sites for hydroxylation is 1. The summed E-state index contributed by atoms with van der Waals surface area (Å²) in [5, 5.41) is 13.0. The van der Waals surface area contributed by atoms with Gasteiger partial charge in [0.25, 0.3) is 0 Å². The van der Waals surface area contributed by atoms with Crippen LogP contribution in [0.4, 0.5) is 10.5 Å². The smallest absolute Gasteiger partial charge is 0.335 e. The van der Waals surface area contributed by atoms with E-state index in [0.717, 1.165) is 29.5 Å². The predicted octanol–water partition coefficient (Wildman–Crippen LogP) is 6.13. The maximum atomic E-state index is 13.3. The third-order valence-electron chi connectivity index (χ3n) is 6.64. The number of carbonyl (C=O) groups excluding carboxylic acids is 1. The molecular formula is C27H31ClN2O4. The molecule has 1 fully saturated rings. The molecule has 7 heteroatoms. The summed E-state index contributed by atoms with van der Waals surface area (Å²) in [6.45, 7) is 10.9. The molecule has 0 saturated carbocycles. The molecule has 34 heavy (non-hydrogen) atoms. The van der Waals surface area contributed by atoms with Gasteiger partial charge in [0.05, 0.1) is 23.5 Å². The highest BCUT2D eigenvalue weighted by atomic mass is 35.5. The number of nitrogens with zero attached hydrogens (tertiary/aromatic N) is 1. The summed E-state index contributed by atoms with van der Waals surface area (Å²) in [5.41, 5.74) is 2.36. The average Bonchev–Trinajstić information content (AvgIpc) is 3.02. The van der Waals surface area contributed by atoms with Crippen molar-refractivity contribution < 1.29 is 19.4 Å². The number of rotatable bonds is 5.